The lowest BCUT2D eigenvalue weighted by molar-refractivity contribution is -0.121. The van der Waals surface area contributed by atoms with E-state index >= 15 is 0 Å². The van der Waals surface area contributed by atoms with Gasteiger partial charge in [0.2, 0.25) is 5.91 Å². The highest BCUT2D eigenvalue weighted by atomic mass is 16.6. The zero-order chi connectivity index (χ0) is 21.3. The molecule has 1 aliphatic rings. The van der Waals surface area contributed by atoms with Gasteiger partial charge in [0.25, 0.3) is 0 Å². The standard InChI is InChI=1S/C23H29N3O4/c1-3-29-23(28)26-15-13-25(14-16-26)18(2)22(27)24-20-9-11-21(12-10-20)30-17-19-7-5-4-6-8-19/h4-12,18H,3,13-17H2,1-2H3,(H,24,27)/t18-/m0/s1. The van der Waals surface area contributed by atoms with E-state index in [9.17, 15) is 9.59 Å². The quantitative estimate of drug-likeness (QED) is 0.756. The van der Waals surface area contributed by atoms with Gasteiger partial charge in [0.15, 0.2) is 0 Å². The summed E-state index contributed by atoms with van der Waals surface area (Å²) in [7, 11) is 0. The molecule has 160 valence electrons. The predicted octanol–water partition coefficient (Wildman–Crippen LogP) is 3.37. The fourth-order valence-corrected chi connectivity index (χ4v) is 3.29. The van der Waals surface area contributed by atoms with Crippen molar-refractivity contribution in [3.8, 4) is 5.75 Å². The third-order valence-electron chi connectivity index (χ3n) is 5.14. The number of carbonyl (C=O) groups excluding carboxylic acids is 2. The van der Waals surface area contributed by atoms with Crippen molar-refractivity contribution >= 4 is 17.7 Å². The monoisotopic (exact) mass is 411 g/mol. The zero-order valence-corrected chi connectivity index (χ0v) is 17.5. The molecule has 7 nitrogen and oxygen atoms in total. The highest BCUT2D eigenvalue weighted by molar-refractivity contribution is 5.94. The number of hydrogen-bond donors (Lipinski definition) is 1. The second kappa shape index (κ2) is 10.6. The van der Waals surface area contributed by atoms with Crippen molar-refractivity contribution in [3.05, 3.63) is 60.2 Å². The summed E-state index contributed by atoms with van der Waals surface area (Å²) in [5.41, 5.74) is 1.83. The molecule has 0 bridgehead atoms. The fraction of sp³-hybridized carbons (Fsp3) is 0.391. The lowest BCUT2D eigenvalue weighted by atomic mass is 10.2. The second-order valence-electron chi connectivity index (χ2n) is 7.19. The molecule has 3 rings (SSSR count). The van der Waals surface area contributed by atoms with Crippen LogP contribution in [-0.2, 0) is 16.1 Å². The van der Waals surface area contributed by atoms with Crippen molar-refractivity contribution in [1.82, 2.24) is 9.80 Å². The van der Waals surface area contributed by atoms with Crippen LogP contribution in [0.15, 0.2) is 54.6 Å². The van der Waals surface area contributed by atoms with Crippen molar-refractivity contribution < 1.29 is 19.1 Å². The average Bonchev–Trinajstić information content (AvgIpc) is 2.79. The molecule has 0 unspecified atom stereocenters. The number of carbonyl (C=O) groups is 2. The highest BCUT2D eigenvalue weighted by Gasteiger charge is 2.28. The molecule has 0 saturated carbocycles. The van der Waals surface area contributed by atoms with Crippen LogP contribution < -0.4 is 10.1 Å². The van der Waals surface area contributed by atoms with E-state index in [4.69, 9.17) is 9.47 Å². The first-order valence-corrected chi connectivity index (χ1v) is 10.3. The van der Waals surface area contributed by atoms with Gasteiger partial charge in [-0.15, -0.1) is 0 Å². The zero-order valence-electron chi connectivity index (χ0n) is 17.5. The van der Waals surface area contributed by atoms with Crippen molar-refractivity contribution in [2.24, 2.45) is 0 Å². The van der Waals surface area contributed by atoms with Crippen LogP contribution in [0.5, 0.6) is 5.75 Å². The molecule has 0 radical (unpaired) electrons. The second-order valence-corrected chi connectivity index (χ2v) is 7.19. The van der Waals surface area contributed by atoms with Crippen LogP contribution in [0, 0.1) is 0 Å². The third kappa shape index (κ3) is 5.97. The molecule has 2 aromatic carbocycles. The lowest BCUT2D eigenvalue weighted by Crippen LogP contribution is -2.54. The first-order valence-electron chi connectivity index (χ1n) is 10.3. The van der Waals surface area contributed by atoms with Gasteiger partial charge >= 0.3 is 6.09 Å². The Morgan fingerprint density at radius 2 is 1.67 bits per heavy atom. The summed E-state index contributed by atoms with van der Waals surface area (Å²) in [5, 5.41) is 2.95. The minimum absolute atomic E-state index is 0.0717. The number of anilines is 1. The van der Waals surface area contributed by atoms with E-state index < -0.39 is 0 Å². The number of nitrogens with zero attached hydrogens (tertiary/aromatic N) is 2. The summed E-state index contributed by atoms with van der Waals surface area (Å²) in [4.78, 5) is 28.2. The molecule has 1 saturated heterocycles. The molecular formula is C23H29N3O4. The Morgan fingerprint density at radius 1 is 1.00 bits per heavy atom. The molecule has 0 aliphatic carbocycles. The van der Waals surface area contributed by atoms with Crippen LogP contribution in [0.2, 0.25) is 0 Å². The molecule has 1 N–H and O–H groups in total. The van der Waals surface area contributed by atoms with E-state index in [-0.39, 0.29) is 18.0 Å². The van der Waals surface area contributed by atoms with Crippen LogP contribution in [0.3, 0.4) is 0 Å². The largest absolute Gasteiger partial charge is 0.489 e. The number of piperazine rings is 1. The van der Waals surface area contributed by atoms with E-state index in [1.54, 1.807) is 11.8 Å². The SMILES string of the molecule is CCOC(=O)N1CCN([C@@H](C)C(=O)Nc2ccc(OCc3ccccc3)cc2)CC1. The van der Waals surface area contributed by atoms with E-state index in [0.29, 0.717) is 39.4 Å². The van der Waals surface area contributed by atoms with Gasteiger partial charge in [-0.2, -0.15) is 0 Å². The Balaban J connectivity index is 1.45. The van der Waals surface area contributed by atoms with E-state index in [1.807, 2.05) is 61.5 Å². The van der Waals surface area contributed by atoms with Crippen molar-refractivity contribution in [3.63, 3.8) is 0 Å². The number of amides is 2. The molecule has 2 aromatic rings. The molecule has 0 spiro atoms. The Labute approximate surface area is 177 Å². The number of nitrogens with one attached hydrogen (secondary N) is 1. The van der Waals surface area contributed by atoms with E-state index in [1.165, 1.54) is 0 Å². The van der Waals surface area contributed by atoms with Gasteiger partial charge < -0.3 is 19.7 Å². The summed E-state index contributed by atoms with van der Waals surface area (Å²) in [6, 6.07) is 17.1. The van der Waals surface area contributed by atoms with Crippen LogP contribution >= 0.6 is 0 Å². The number of ether oxygens (including phenoxy) is 2. The third-order valence-corrected chi connectivity index (χ3v) is 5.14. The molecule has 0 aromatic heterocycles. The molecule has 1 aliphatic heterocycles. The first-order chi connectivity index (χ1) is 14.6. The van der Waals surface area contributed by atoms with Crippen LogP contribution in [0.25, 0.3) is 0 Å². The molecular weight excluding hydrogens is 382 g/mol. The van der Waals surface area contributed by atoms with E-state index in [0.717, 1.165) is 17.0 Å². The maximum Gasteiger partial charge on any atom is 0.409 e. The van der Waals surface area contributed by atoms with Gasteiger partial charge in [0.1, 0.15) is 12.4 Å². The van der Waals surface area contributed by atoms with Crippen molar-refractivity contribution in [2.75, 3.05) is 38.1 Å². The molecule has 1 heterocycles. The summed E-state index contributed by atoms with van der Waals surface area (Å²) < 4.78 is 10.8. The predicted molar refractivity (Wildman–Crippen MR) is 115 cm³/mol. The van der Waals surface area contributed by atoms with E-state index in [2.05, 4.69) is 10.2 Å². The van der Waals surface area contributed by atoms with Gasteiger partial charge in [-0.25, -0.2) is 4.79 Å². The normalized spacial score (nSPS) is 15.3. The fourth-order valence-electron chi connectivity index (χ4n) is 3.29. The first kappa shape index (κ1) is 21.6. The summed E-state index contributed by atoms with van der Waals surface area (Å²) in [5.74, 6) is 0.678. The maximum atomic E-state index is 12.6. The minimum atomic E-state index is -0.289. The number of benzene rings is 2. The summed E-state index contributed by atoms with van der Waals surface area (Å²) in [6.07, 6.45) is -0.288. The van der Waals surface area contributed by atoms with Gasteiger partial charge in [0, 0.05) is 31.9 Å². The number of hydrogen-bond acceptors (Lipinski definition) is 5. The molecule has 7 heteroatoms. The van der Waals surface area contributed by atoms with Crippen molar-refractivity contribution in [2.45, 2.75) is 26.5 Å². The summed E-state index contributed by atoms with van der Waals surface area (Å²) in [6.45, 7) is 6.94. The smallest absolute Gasteiger partial charge is 0.409 e. The van der Waals surface area contributed by atoms with Gasteiger partial charge in [-0.05, 0) is 43.7 Å². The minimum Gasteiger partial charge on any atom is -0.489 e. The Kier molecular flexibility index (Phi) is 7.68. The molecule has 2 amide bonds. The van der Waals surface area contributed by atoms with Crippen LogP contribution in [0.1, 0.15) is 19.4 Å². The molecule has 30 heavy (non-hydrogen) atoms. The van der Waals surface area contributed by atoms with Crippen LogP contribution in [0.4, 0.5) is 10.5 Å². The Bertz CT molecular complexity index is 818. The topological polar surface area (TPSA) is 71.1 Å². The van der Waals surface area contributed by atoms with Crippen LogP contribution in [-0.4, -0.2) is 60.6 Å². The van der Waals surface area contributed by atoms with Crippen molar-refractivity contribution in [1.29, 1.82) is 0 Å². The number of rotatable bonds is 7. The Morgan fingerprint density at radius 3 is 2.30 bits per heavy atom. The molecule has 1 fully saturated rings. The maximum absolute atomic E-state index is 12.6. The highest BCUT2D eigenvalue weighted by Crippen LogP contribution is 2.18. The van der Waals surface area contributed by atoms with Gasteiger partial charge in [-0.3, -0.25) is 9.69 Å². The molecule has 1 atom stereocenters. The van der Waals surface area contributed by atoms with Gasteiger partial charge in [-0.1, -0.05) is 30.3 Å². The summed E-state index contributed by atoms with van der Waals surface area (Å²) >= 11 is 0. The lowest BCUT2D eigenvalue weighted by Gasteiger charge is -2.36. The average molecular weight is 412 g/mol. The Hall–Kier alpha value is -3.06. The van der Waals surface area contributed by atoms with Gasteiger partial charge in [0.05, 0.1) is 12.6 Å².